The molecule has 2 aromatic rings. The van der Waals surface area contributed by atoms with E-state index in [1.54, 1.807) is 35.9 Å². The van der Waals surface area contributed by atoms with Gasteiger partial charge >= 0.3 is 0 Å². The summed E-state index contributed by atoms with van der Waals surface area (Å²) < 4.78 is 33.2. The summed E-state index contributed by atoms with van der Waals surface area (Å²) in [5.41, 5.74) is 0.881. The second-order valence-electron chi connectivity index (χ2n) is 6.36. The normalized spacial score (nSPS) is 12.9. The number of aromatic amines is 1. The van der Waals surface area contributed by atoms with Crippen LogP contribution in [0.4, 0.5) is 0 Å². The van der Waals surface area contributed by atoms with Gasteiger partial charge < -0.3 is 9.30 Å². The minimum Gasteiger partial charge on any atom is -0.383 e. The number of H-pyrrole nitrogens is 1. The molecule has 2 rings (SSSR count). The Kier molecular flexibility index (Phi) is 7.52. The van der Waals surface area contributed by atoms with E-state index >= 15 is 0 Å². The maximum atomic E-state index is 13.0. The van der Waals surface area contributed by atoms with Crippen LogP contribution in [0.15, 0.2) is 40.0 Å². The van der Waals surface area contributed by atoms with Gasteiger partial charge in [-0.3, -0.25) is 9.78 Å². The second kappa shape index (κ2) is 9.43. The third-order valence-corrected chi connectivity index (χ3v) is 7.20. The molecule has 0 saturated carbocycles. The van der Waals surface area contributed by atoms with Gasteiger partial charge in [0.15, 0.2) is 14.6 Å². The van der Waals surface area contributed by atoms with Gasteiger partial charge in [0.1, 0.15) is 0 Å². The smallest absolute Gasteiger partial charge is 0.252 e. The van der Waals surface area contributed by atoms with E-state index < -0.39 is 15.1 Å². The molecule has 0 aliphatic heterocycles. The van der Waals surface area contributed by atoms with Crippen LogP contribution in [0, 0.1) is 4.77 Å². The lowest BCUT2D eigenvalue weighted by Crippen LogP contribution is -2.21. The van der Waals surface area contributed by atoms with Crippen molar-refractivity contribution in [2.24, 2.45) is 0 Å². The molecule has 8 heteroatoms. The van der Waals surface area contributed by atoms with Crippen LogP contribution in [-0.2, 0) is 21.1 Å². The van der Waals surface area contributed by atoms with Crippen molar-refractivity contribution in [1.82, 2.24) is 9.55 Å². The molecule has 0 bridgehead atoms. The summed E-state index contributed by atoms with van der Waals surface area (Å²) in [6, 6.07) is 8.15. The van der Waals surface area contributed by atoms with E-state index in [0.717, 1.165) is 6.42 Å². The molecule has 148 valence electrons. The summed E-state index contributed by atoms with van der Waals surface area (Å²) in [4.78, 5) is 14.8. The number of rotatable bonds is 9. The van der Waals surface area contributed by atoms with Crippen LogP contribution in [-0.4, -0.2) is 36.9 Å². The maximum Gasteiger partial charge on any atom is 0.252 e. The van der Waals surface area contributed by atoms with Crippen molar-refractivity contribution in [1.29, 1.82) is 0 Å². The molecule has 0 aliphatic rings. The summed E-state index contributed by atoms with van der Waals surface area (Å²) in [5, 5.41) is -0.410. The molecule has 6 nitrogen and oxygen atoms in total. The van der Waals surface area contributed by atoms with Gasteiger partial charge in [0.25, 0.3) is 5.56 Å². The number of ether oxygens (including phenoxy) is 1. The van der Waals surface area contributed by atoms with Crippen LogP contribution in [0.2, 0.25) is 0 Å². The van der Waals surface area contributed by atoms with Gasteiger partial charge in [-0.05, 0) is 42.8 Å². The van der Waals surface area contributed by atoms with Gasteiger partial charge in [-0.15, -0.1) is 0 Å². The maximum absolute atomic E-state index is 13.0. The standard InChI is InChI=1S/C19H26N2O4S2/c1-4-7-15(5-2)27(23,24)16-9-6-8-14(12-16)17-13-18(22)20-19(26)21(17)10-11-25-3/h6,8-9,12-13,15H,4-5,7,10-11H2,1-3H3,(H,20,22,26). The van der Waals surface area contributed by atoms with Crippen molar-refractivity contribution in [3.05, 3.63) is 45.5 Å². The first-order valence-corrected chi connectivity index (χ1v) is 11.0. The molecule has 1 aromatic carbocycles. The number of methoxy groups -OCH3 is 1. The van der Waals surface area contributed by atoms with Crippen molar-refractivity contribution < 1.29 is 13.2 Å². The summed E-state index contributed by atoms with van der Waals surface area (Å²) in [6.45, 7) is 4.74. The van der Waals surface area contributed by atoms with Crippen molar-refractivity contribution >= 4 is 22.1 Å². The zero-order chi connectivity index (χ0) is 20.0. The van der Waals surface area contributed by atoms with Gasteiger partial charge in [-0.25, -0.2) is 8.42 Å². The predicted molar refractivity (Wildman–Crippen MR) is 109 cm³/mol. The third-order valence-electron chi connectivity index (χ3n) is 4.52. The summed E-state index contributed by atoms with van der Waals surface area (Å²) in [7, 11) is -1.86. The number of sulfone groups is 1. The zero-order valence-corrected chi connectivity index (χ0v) is 17.5. The minimum absolute atomic E-state index is 0.268. The monoisotopic (exact) mass is 410 g/mol. The number of hydrogen-bond acceptors (Lipinski definition) is 5. The zero-order valence-electron chi connectivity index (χ0n) is 15.9. The van der Waals surface area contributed by atoms with Gasteiger partial charge in [-0.2, -0.15) is 0 Å². The van der Waals surface area contributed by atoms with E-state index in [0.29, 0.717) is 37.3 Å². The van der Waals surface area contributed by atoms with Gasteiger partial charge in [0.05, 0.1) is 22.4 Å². The highest BCUT2D eigenvalue weighted by molar-refractivity contribution is 7.92. The second-order valence-corrected chi connectivity index (χ2v) is 8.97. The van der Waals surface area contributed by atoms with Crippen LogP contribution in [0.3, 0.4) is 0 Å². The van der Waals surface area contributed by atoms with Crippen LogP contribution in [0.25, 0.3) is 11.3 Å². The molecule has 0 saturated heterocycles. The number of nitrogens with zero attached hydrogens (tertiary/aromatic N) is 1. The van der Waals surface area contributed by atoms with Crippen LogP contribution in [0.5, 0.6) is 0 Å². The lowest BCUT2D eigenvalue weighted by Gasteiger charge is -2.17. The van der Waals surface area contributed by atoms with E-state index in [1.165, 1.54) is 6.07 Å². The number of nitrogens with one attached hydrogen (secondary N) is 1. The SMILES string of the molecule is CCCC(CC)S(=O)(=O)c1cccc(-c2cc(=O)[nH]c(=S)n2CCOC)c1. The number of aromatic nitrogens is 2. The highest BCUT2D eigenvalue weighted by Crippen LogP contribution is 2.26. The molecule has 1 N–H and O–H groups in total. The molecule has 1 unspecified atom stereocenters. The molecular weight excluding hydrogens is 384 g/mol. The third kappa shape index (κ3) is 4.94. The lowest BCUT2D eigenvalue weighted by atomic mass is 10.1. The van der Waals surface area contributed by atoms with E-state index in [9.17, 15) is 13.2 Å². The highest BCUT2D eigenvalue weighted by Gasteiger charge is 2.25. The minimum atomic E-state index is -3.44. The fourth-order valence-corrected chi connectivity index (χ4v) is 5.31. The Balaban J connectivity index is 2.59. The Morgan fingerprint density at radius 2 is 2.00 bits per heavy atom. The molecule has 0 fully saturated rings. The first-order chi connectivity index (χ1) is 12.8. The van der Waals surface area contributed by atoms with E-state index in [4.69, 9.17) is 17.0 Å². The van der Waals surface area contributed by atoms with E-state index in [2.05, 4.69) is 4.98 Å². The fraction of sp³-hybridized carbons (Fsp3) is 0.474. The quantitative estimate of drug-likeness (QED) is 0.639. The van der Waals surface area contributed by atoms with Crippen molar-refractivity contribution in [2.45, 2.75) is 49.8 Å². The molecule has 0 spiro atoms. The van der Waals surface area contributed by atoms with Crippen molar-refractivity contribution in [2.75, 3.05) is 13.7 Å². The molecule has 0 amide bonds. The molecule has 1 atom stereocenters. The molecule has 0 aliphatic carbocycles. The molecule has 1 aromatic heterocycles. The number of benzene rings is 1. The predicted octanol–water partition coefficient (Wildman–Crippen LogP) is 3.57. The summed E-state index contributed by atoms with van der Waals surface area (Å²) >= 11 is 5.28. The topological polar surface area (TPSA) is 81.2 Å². The largest absolute Gasteiger partial charge is 0.383 e. The molecular formula is C19H26N2O4S2. The first kappa shape index (κ1) is 21.5. The van der Waals surface area contributed by atoms with Gasteiger partial charge in [-0.1, -0.05) is 32.4 Å². The Hall–Kier alpha value is -1.77. The highest BCUT2D eigenvalue weighted by atomic mass is 32.2. The summed E-state index contributed by atoms with van der Waals surface area (Å²) in [5.74, 6) is 0. The van der Waals surface area contributed by atoms with Crippen LogP contribution in [0.1, 0.15) is 33.1 Å². The molecule has 27 heavy (non-hydrogen) atoms. The Bertz CT molecular complexity index is 993. The Labute approximate surface area is 165 Å². The summed E-state index contributed by atoms with van der Waals surface area (Å²) in [6.07, 6.45) is 2.00. The van der Waals surface area contributed by atoms with E-state index in [1.807, 2.05) is 13.8 Å². The van der Waals surface area contributed by atoms with Gasteiger partial charge in [0, 0.05) is 19.7 Å². The van der Waals surface area contributed by atoms with Crippen LogP contribution >= 0.6 is 12.2 Å². The van der Waals surface area contributed by atoms with Gasteiger partial charge in [0.2, 0.25) is 0 Å². The lowest BCUT2D eigenvalue weighted by molar-refractivity contribution is 0.186. The Morgan fingerprint density at radius 1 is 1.26 bits per heavy atom. The average Bonchev–Trinajstić information content (AvgIpc) is 2.64. The first-order valence-electron chi connectivity index (χ1n) is 9.02. The van der Waals surface area contributed by atoms with Crippen molar-refractivity contribution in [3.8, 4) is 11.3 Å². The van der Waals surface area contributed by atoms with Crippen LogP contribution < -0.4 is 5.56 Å². The Morgan fingerprint density at radius 3 is 2.63 bits per heavy atom. The average molecular weight is 411 g/mol. The van der Waals surface area contributed by atoms with E-state index in [-0.39, 0.29) is 15.2 Å². The molecule has 0 radical (unpaired) electrons. The molecule has 1 heterocycles. The van der Waals surface area contributed by atoms with Crippen molar-refractivity contribution in [3.63, 3.8) is 0 Å². The fourth-order valence-electron chi connectivity index (χ4n) is 3.09. The number of hydrogen-bond donors (Lipinski definition) is 1.